The first kappa shape index (κ1) is 19.3. The molecule has 1 aromatic carbocycles. The molecule has 4 nitrogen and oxygen atoms in total. The van der Waals surface area contributed by atoms with Crippen LogP contribution in [0.15, 0.2) is 48.1 Å². The molecular formula is C23H30N3OS+. The Bertz CT molecular complexity index is 950. The highest BCUT2D eigenvalue weighted by Crippen LogP contribution is 2.29. The fraction of sp³-hybridized carbons (Fsp3) is 0.435. The van der Waals surface area contributed by atoms with Crippen molar-refractivity contribution < 1.29 is 9.94 Å². The minimum atomic E-state index is -0.764. The number of benzene rings is 1. The van der Waals surface area contributed by atoms with Gasteiger partial charge in [0.15, 0.2) is 0 Å². The molecule has 0 spiro atoms. The van der Waals surface area contributed by atoms with Crippen LogP contribution in [0, 0.1) is 6.92 Å². The van der Waals surface area contributed by atoms with Gasteiger partial charge in [-0.25, -0.2) is 4.98 Å². The summed E-state index contributed by atoms with van der Waals surface area (Å²) in [5, 5.41) is 1.43. The molecule has 5 heteroatoms. The second kappa shape index (κ2) is 8.58. The lowest BCUT2D eigenvalue weighted by Crippen LogP contribution is -2.50. The monoisotopic (exact) mass is 396 g/mol. The summed E-state index contributed by atoms with van der Waals surface area (Å²) in [6.07, 6.45) is 10.4. The molecule has 3 N–H and O–H groups in total. The maximum atomic E-state index is 12.6. The molecule has 0 amide bonds. The molecule has 2 unspecified atom stereocenters. The molecule has 4 rings (SSSR count). The quantitative estimate of drug-likeness (QED) is 0.864. The van der Waals surface area contributed by atoms with Crippen molar-refractivity contribution in [2.75, 3.05) is 30.3 Å². The van der Waals surface area contributed by atoms with E-state index in [-0.39, 0.29) is 5.25 Å². The summed E-state index contributed by atoms with van der Waals surface area (Å²) >= 11 is 0. The number of hydrogen-bond donors (Lipinski definition) is 1. The lowest BCUT2D eigenvalue weighted by atomic mass is 10.0. The van der Waals surface area contributed by atoms with Gasteiger partial charge in [-0.2, -0.15) is 0 Å². The normalized spacial score (nSPS) is 22.5. The van der Waals surface area contributed by atoms with Crippen LogP contribution in [0.4, 0.5) is 5.82 Å². The van der Waals surface area contributed by atoms with E-state index in [1.165, 1.54) is 22.1 Å². The van der Waals surface area contributed by atoms with E-state index < -0.39 is 10.8 Å². The topological polar surface area (TPSA) is 60.8 Å². The van der Waals surface area contributed by atoms with Gasteiger partial charge in [-0.3, -0.25) is 4.21 Å². The number of aryl methyl sites for hydroxylation is 2. The third-order valence-corrected chi connectivity index (χ3v) is 7.55. The van der Waals surface area contributed by atoms with E-state index in [0.29, 0.717) is 0 Å². The zero-order chi connectivity index (χ0) is 19.5. The fourth-order valence-corrected chi connectivity index (χ4v) is 5.71. The van der Waals surface area contributed by atoms with Gasteiger partial charge < -0.3 is 10.6 Å². The number of fused-ring (bicyclic) bond motifs is 2. The summed E-state index contributed by atoms with van der Waals surface area (Å²) in [4.78, 5) is 7.42. The van der Waals surface area contributed by atoms with Crippen LogP contribution in [-0.2, 0) is 17.2 Å². The summed E-state index contributed by atoms with van der Waals surface area (Å²) in [6.45, 7) is 4.81. The molecular weight excluding hydrogens is 366 g/mol. The number of hydrogen-bond acceptors (Lipinski definition) is 3. The Kier molecular flexibility index (Phi) is 5.93. The molecule has 2 atom stereocenters. The summed E-state index contributed by atoms with van der Waals surface area (Å²) in [5.74, 6) is 1.82. The predicted octanol–water partition coefficient (Wildman–Crippen LogP) is 2.93. The number of quaternary nitrogens is 1. The minimum absolute atomic E-state index is 0.168. The second-order valence-electron chi connectivity index (χ2n) is 7.87. The standard InChI is InChI=1S/C23H29N3OS/c1-17-9-10-21-20(14-17)18(7-4-11-24)15-23(25-21)26-12-5-13-28(27)22-8-3-2-6-19(22)16-26/h2-3,6,9-10,14-15,22H,4-5,7-8,11-13,16,24H2,1H3/p+1. The number of anilines is 1. The summed E-state index contributed by atoms with van der Waals surface area (Å²) < 4.78 is 12.6. The van der Waals surface area contributed by atoms with Gasteiger partial charge in [0.2, 0.25) is 0 Å². The number of rotatable bonds is 4. The van der Waals surface area contributed by atoms with E-state index in [1.807, 2.05) is 0 Å². The van der Waals surface area contributed by atoms with Gasteiger partial charge in [-0.1, -0.05) is 29.9 Å². The van der Waals surface area contributed by atoms with Gasteiger partial charge in [-0.15, -0.1) is 0 Å². The number of pyridine rings is 1. The number of nitrogens with zero attached hydrogens (tertiary/aromatic N) is 2. The van der Waals surface area contributed by atoms with Crippen molar-refractivity contribution in [1.29, 1.82) is 0 Å². The van der Waals surface area contributed by atoms with Gasteiger partial charge in [0.1, 0.15) is 5.82 Å². The van der Waals surface area contributed by atoms with Crippen LogP contribution in [0.5, 0.6) is 0 Å². The van der Waals surface area contributed by atoms with Crippen LogP contribution >= 0.6 is 0 Å². The molecule has 2 aromatic rings. The van der Waals surface area contributed by atoms with E-state index in [1.54, 1.807) is 0 Å². The lowest BCUT2D eigenvalue weighted by molar-refractivity contribution is -0.368. The summed E-state index contributed by atoms with van der Waals surface area (Å²) in [7, 11) is -0.764. The number of aromatic nitrogens is 1. The van der Waals surface area contributed by atoms with Gasteiger partial charge in [0.05, 0.1) is 17.3 Å². The number of allylic oxidation sites excluding steroid dienone is 3. The second-order valence-corrected chi connectivity index (χ2v) is 9.61. The van der Waals surface area contributed by atoms with Gasteiger partial charge in [-0.05, 0) is 55.5 Å². The van der Waals surface area contributed by atoms with Crippen molar-refractivity contribution in [3.05, 3.63) is 59.2 Å². The van der Waals surface area contributed by atoms with E-state index in [9.17, 15) is 4.21 Å². The van der Waals surface area contributed by atoms with Gasteiger partial charge >= 0.3 is 0 Å². The average Bonchev–Trinajstić information content (AvgIpc) is 2.70. The molecule has 2 heterocycles. The first-order chi connectivity index (χ1) is 13.7. The van der Waals surface area contributed by atoms with Crippen molar-refractivity contribution in [2.24, 2.45) is 0 Å². The van der Waals surface area contributed by atoms with Crippen LogP contribution in [0.25, 0.3) is 10.9 Å². The maximum absolute atomic E-state index is 12.6. The largest absolute Gasteiger partial charge is 0.358 e. The van der Waals surface area contributed by atoms with E-state index in [4.69, 9.17) is 4.98 Å². The molecule has 0 saturated carbocycles. The minimum Gasteiger partial charge on any atom is -0.358 e. The van der Waals surface area contributed by atoms with Crippen LogP contribution in [0.2, 0.25) is 0 Å². The Morgan fingerprint density at radius 3 is 3.07 bits per heavy atom. The summed E-state index contributed by atoms with van der Waals surface area (Å²) in [6, 6.07) is 8.83. The zero-order valence-electron chi connectivity index (χ0n) is 16.7. The highest BCUT2D eigenvalue weighted by molar-refractivity contribution is 7.85. The van der Waals surface area contributed by atoms with Crippen molar-refractivity contribution in [1.82, 2.24) is 4.98 Å². The van der Waals surface area contributed by atoms with Crippen molar-refractivity contribution in [3.8, 4) is 0 Å². The fourth-order valence-electron chi connectivity index (χ4n) is 4.20. The van der Waals surface area contributed by atoms with E-state index >= 15 is 0 Å². The smallest absolute Gasteiger partial charge is 0.129 e. The molecule has 148 valence electrons. The first-order valence-corrected chi connectivity index (χ1v) is 11.7. The molecule has 1 fully saturated rings. The Balaban J connectivity index is 1.72. The molecule has 1 aliphatic carbocycles. The average molecular weight is 397 g/mol. The third-order valence-electron chi connectivity index (χ3n) is 5.73. The highest BCUT2D eigenvalue weighted by atomic mass is 32.2. The Hall–Kier alpha value is -1.98. The maximum Gasteiger partial charge on any atom is 0.129 e. The van der Waals surface area contributed by atoms with Crippen molar-refractivity contribution >= 4 is 27.5 Å². The van der Waals surface area contributed by atoms with Crippen molar-refractivity contribution in [3.63, 3.8) is 0 Å². The Morgan fingerprint density at radius 1 is 1.32 bits per heavy atom. The first-order valence-electron chi connectivity index (χ1n) is 10.3. The van der Waals surface area contributed by atoms with Crippen LogP contribution in [-0.4, -0.2) is 39.8 Å². The molecule has 2 aliphatic rings. The van der Waals surface area contributed by atoms with Crippen LogP contribution in [0.3, 0.4) is 0 Å². The summed E-state index contributed by atoms with van der Waals surface area (Å²) in [5.41, 5.74) is 9.01. The molecule has 1 aliphatic heterocycles. The van der Waals surface area contributed by atoms with Crippen LogP contribution < -0.4 is 10.6 Å². The van der Waals surface area contributed by atoms with E-state index in [2.05, 4.69) is 60.1 Å². The predicted molar refractivity (Wildman–Crippen MR) is 118 cm³/mol. The Labute approximate surface area is 170 Å². The Morgan fingerprint density at radius 2 is 2.21 bits per heavy atom. The molecule has 0 bridgehead atoms. The highest BCUT2D eigenvalue weighted by Gasteiger charge is 2.26. The van der Waals surface area contributed by atoms with Crippen LogP contribution in [0.1, 0.15) is 30.4 Å². The van der Waals surface area contributed by atoms with Gasteiger partial charge in [0, 0.05) is 41.4 Å². The SMILES string of the molecule is Cc1ccc2nc(N3CCCS(=O)C4CC=CC=C4C3)cc(CCC[NH3+])c2c1. The van der Waals surface area contributed by atoms with Gasteiger partial charge in [0.25, 0.3) is 0 Å². The molecule has 0 radical (unpaired) electrons. The molecule has 28 heavy (non-hydrogen) atoms. The molecule has 1 saturated heterocycles. The lowest BCUT2D eigenvalue weighted by Gasteiger charge is -2.32. The third kappa shape index (κ3) is 4.06. The zero-order valence-corrected chi connectivity index (χ0v) is 17.5. The molecule has 1 aromatic heterocycles. The van der Waals surface area contributed by atoms with E-state index in [0.717, 1.165) is 62.4 Å². The van der Waals surface area contributed by atoms with Crippen molar-refractivity contribution in [2.45, 2.75) is 37.9 Å².